The number of nitrogens with one attached hydrogen (secondary N) is 1. The molecule has 1 aliphatic rings. The van der Waals surface area contributed by atoms with Crippen molar-refractivity contribution >= 4 is 5.82 Å². The standard InChI is InChI=1S/C22H24FN5/c1-24-22-18(5-3-9-26-22)15-28-10-7-16(8-11-28)20-13-25-14-21(27-20)17-4-2-6-19(23)12-17/h2-6,9,12-14,16H,7-8,10-11,15H2,1H3,(H,24,26). The lowest BCUT2D eigenvalue weighted by Gasteiger charge is -2.32. The van der Waals surface area contributed by atoms with Crippen LogP contribution in [0.2, 0.25) is 0 Å². The van der Waals surface area contributed by atoms with Crippen molar-refractivity contribution < 1.29 is 4.39 Å². The van der Waals surface area contributed by atoms with Crippen LogP contribution in [0, 0.1) is 5.82 Å². The first-order chi connectivity index (χ1) is 13.7. The first-order valence-electron chi connectivity index (χ1n) is 9.65. The maximum absolute atomic E-state index is 13.5. The fourth-order valence-corrected chi connectivity index (χ4v) is 3.78. The molecule has 0 spiro atoms. The molecule has 1 saturated heterocycles. The van der Waals surface area contributed by atoms with Gasteiger partial charge in [0.05, 0.1) is 17.6 Å². The van der Waals surface area contributed by atoms with Gasteiger partial charge in [-0.25, -0.2) is 14.4 Å². The Bertz CT molecular complexity index is 937. The molecular weight excluding hydrogens is 353 g/mol. The molecule has 1 aromatic carbocycles. The Morgan fingerprint density at radius 3 is 2.79 bits per heavy atom. The molecule has 2 aromatic heterocycles. The molecule has 1 fully saturated rings. The fourth-order valence-electron chi connectivity index (χ4n) is 3.78. The van der Waals surface area contributed by atoms with E-state index >= 15 is 0 Å². The van der Waals surface area contributed by atoms with Gasteiger partial charge in [-0.15, -0.1) is 0 Å². The fraction of sp³-hybridized carbons (Fsp3) is 0.318. The molecular formula is C22H24FN5. The van der Waals surface area contributed by atoms with Crippen LogP contribution in [0.3, 0.4) is 0 Å². The summed E-state index contributed by atoms with van der Waals surface area (Å²) in [6, 6.07) is 10.6. The predicted molar refractivity (Wildman–Crippen MR) is 108 cm³/mol. The Morgan fingerprint density at radius 1 is 1.14 bits per heavy atom. The second kappa shape index (κ2) is 8.44. The van der Waals surface area contributed by atoms with Gasteiger partial charge in [-0.05, 0) is 44.1 Å². The zero-order valence-corrected chi connectivity index (χ0v) is 16.0. The summed E-state index contributed by atoms with van der Waals surface area (Å²) in [6.07, 6.45) is 7.44. The highest BCUT2D eigenvalue weighted by Crippen LogP contribution is 2.29. The van der Waals surface area contributed by atoms with E-state index in [1.807, 2.05) is 31.6 Å². The van der Waals surface area contributed by atoms with Gasteiger partial charge in [0.15, 0.2) is 0 Å². The second-order valence-corrected chi connectivity index (χ2v) is 7.15. The van der Waals surface area contributed by atoms with Crippen molar-refractivity contribution in [3.05, 3.63) is 72.1 Å². The highest BCUT2D eigenvalue weighted by molar-refractivity contribution is 5.58. The SMILES string of the molecule is CNc1ncccc1CN1CCC(c2cncc(-c3cccc(F)c3)n2)CC1. The summed E-state index contributed by atoms with van der Waals surface area (Å²) in [5.41, 5.74) is 3.71. The van der Waals surface area contributed by atoms with E-state index in [0.29, 0.717) is 5.92 Å². The van der Waals surface area contributed by atoms with E-state index in [2.05, 4.69) is 26.3 Å². The van der Waals surface area contributed by atoms with E-state index in [4.69, 9.17) is 4.98 Å². The van der Waals surface area contributed by atoms with E-state index in [0.717, 1.165) is 55.2 Å². The van der Waals surface area contributed by atoms with Crippen LogP contribution in [-0.4, -0.2) is 40.0 Å². The average molecular weight is 377 g/mol. The zero-order chi connectivity index (χ0) is 19.3. The number of aromatic nitrogens is 3. The van der Waals surface area contributed by atoms with Crippen molar-refractivity contribution in [3.63, 3.8) is 0 Å². The third kappa shape index (κ3) is 4.17. The molecule has 3 heterocycles. The molecule has 28 heavy (non-hydrogen) atoms. The number of nitrogens with zero attached hydrogens (tertiary/aromatic N) is 4. The molecule has 1 aliphatic heterocycles. The van der Waals surface area contributed by atoms with E-state index in [1.54, 1.807) is 12.3 Å². The predicted octanol–water partition coefficient (Wildman–Crippen LogP) is 4.10. The van der Waals surface area contributed by atoms with Gasteiger partial charge in [0.25, 0.3) is 0 Å². The van der Waals surface area contributed by atoms with Gasteiger partial charge < -0.3 is 5.32 Å². The molecule has 0 unspecified atom stereocenters. The first kappa shape index (κ1) is 18.5. The lowest BCUT2D eigenvalue weighted by molar-refractivity contribution is 0.203. The quantitative estimate of drug-likeness (QED) is 0.726. The highest BCUT2D eigenvalue weighted by atomic mass is 19.1. The van der Waals surface area contributed by atoms with Crippen molar-refractivity contribution in [3.8, 4) is 11.3 Å². The Hall–Kier alpha value is -2.86. The Morgan fingerprint density at radius 2 is 2.00 bits per heavy atom. The van der Waals surface area contributed by atoms with Gasteiger partial charge in [0, 0.05) is 43.0 Å². The number of hydrogen-bond donors (Lipinski definition) is 1. The number of likely N-dealkylation sites (tertiary alicyclic amines) is 1. The average Bonchev–Trinajstić information content (AvgIpc) is 2.75. The van der Waals surface area contributed by atoms with Crippen LogP contribution in [0.15, 0.2) is 55.0 Å². The Labute approximate surface area is 164 Å². The summed E-state index contributed by atoms with van der Waals surface area (Å²) in [4.78, 5) is 16.0. The highest BCUT2D eigenvalue weighted by Gasteiger charge is 2.23. The van der Waals surface area contributed by atoms with Gasteiger partial charge in [-0.1, -0.05) is 18.2 Å². The van der Waals surface area contributed by atoms with E-state index in [-0.39, 0.29) is 5.82 Å². The summed E-state index contributed by atoms with van der Waals surface area (Å²) in [5.74, 6) is 1.07. The molecule has 5 nitrogen and oxygen atoms in total. The first-order valence-corrected chi connectivity index (χ1v) is 9.65. The van der Waals surface area contributed by atoms with Gasteiger partial charge in [-0.2, -0.15) is 0 Å². The molecule has 0 amide bonds. The molecule has 4 rings (SSSR count). The summed E-state index contributed by atoms with van der Waals surface area (Å²) in [6.45, 7) is 2.91. The minimum Gasteiger partial charge on any atom is -0.373 e. The summed E-state index contributed by atoms with van der Waals surface area (Å²) < 4.78 is 13.5. The zero-order valence-electron chi connectivity index (χ0n) is 16.0. The lowest BCUT2D eigenvalue weighted by Crippen LogP contribution is -2.33. The van der Waals surface area contributed by atoms with E-state index < -0.39 is 0 Å². The Kier molecular flexibility index (Phi) is 5.58. The smallest absolute Gasteiger partial charge is 0.130 e. The van der Waals surface area contributed by atoms with Gasteiger partial charge in [0.1, 0.15) is 11.6 Å². The van der Waals surface area contributed by atoms with Gasteiger partial charge in [0.2, 0.25) is 0 Å². The largest absolute Gasteiger partial charge is 0.373 e. The summed E-state index contributed by atoms with van der Waals surface area (Å²) in [5, 5.41) is 3.16. The maximum atomic E-state index is 13.5. The molecule has 0 atom stereocenters. The molecule has 0 bridgehead atoms. The number of benzene rings is 1. The molecule has 1 N–H and O–H groups in total. The third-order valence-electron chi connectivity index (χ3n) is 5.30. The third-order valence-corrected chi connectivity index (χ3v) is 5.30. The van der Waals surface area contributed by atoms with Gasteiger partial charge >= 0.3 is 0 Å². The van der Waals surface area contributed by atoms with Crippen molar-refractivity contribution in [2.45, 2.75) is 25.3 Å². The number of pyridine rings is 1. The summed E-state index contributed by atoms with van der Waals surface area (Å²) in [7, 11) is 1.91. The molecule has 144 valence electrons. The monoisotopic (exact) mass is 377 g/mol. The topological polar surface area (TPSA) is 53.9 Å². The molecule has 6 heteroatoms. The number of anilines is 1. The van der Waals surface area contributed by atoms with Crippen LogP contribution in [0.5, 0.6) is 0 Å². The minimum absolute atomic E-state index is 0.255. The van der Waals surface area contributed by atoms with Crippen molar-refractivity contribution in [1.29, 1.82) is 0 Å². The lowest BCUT2D eigenvalue weighted by atomic mass is 9.93. The maximum Gasteiger partial charge on any atom is 0.130 e. The number of halogens is 1. The second-order valence-electron chi connectivity index (χ2n) is 7.15. The van der Waals surface area contributed by atoms with Crippen LogP contribution < -0.4 is 5.32 Å². The number of rotatable bonds is 5. The van der Waals surface area contributed by atoms with Crippen LogP contribution in [0.1, 0.15) is 30.0 Å². The van der Waals surface area contributed by atoms with Crippen molar-refractivity contribution in [2.75, 3.05) is 25.5 Å². The molecule has 0 saturated carbocycles. The normalized spacial score (nSPS) is 15.5. The van der Waals surface area contributed by atoms with Gasteiger partial charge in [-0.3, -0.25) is 9.88 Å². The van der Waals surface area contributed by atoms with E-state index in [9.17, 15) is 4.39 Å². The molecule has 0 aliphatic carbocycles. The van der Waals surface area contributed by atoms with Crippen LogP contribution in [-0.2, 0) is 6.54 Å². The van der Waals surface area contributed by atoms with Crippen LogP contribution in [0.4, 0.5) is 10.2 Å². The minimum atomic E-state index is -0.255. The van der Waals surface area contributed by atoms with Crippen LogP contribution in [0.25, 0.3) is 11.3 Å². The number of piperidine rings is 1. The number of hydrogen-bond acceptors (Lipinski definition) is 5. The molecule has 3 aromatic rings. The van der Waals surface area contributed by atoms with E-state index in [1.165, 1.54) is 17.7 Å². The summed E-state index contributed by atoms with van der Waals surface area (Å²) >= 11 is 0. The van der Waals surface area contributed by atoms with Crippen LogP contribution >= 0.6 is 0 Å². The van der Waals surface area contributed by atoms with Crippen molar-refractivity contribution in [2.24, 2.45) is 0 Å². The Balaban J connectivity index is 1.42. The molecule has 0 radical (unpaired) electrons. The van der Waals surface area contributed by atoms with Crippen molar-refractivity contribution in [1.82, 2.24) is 19.9 Å².